The van der Waals surface area contributed by atoms with Gasteiger partial charge in [0.1, 0.15) is 11.6 Å². The van der Waals surface area contributed by atoms with Crippen LogP contribution in [0.1, 0.15) is 20.8 Å². The van der Waals surface area contributed by atoms with Gasteiger partial charge in [0.25, 0.3) is 5.91 Å². The molecule has 6 nitrogen and oxygen atoms in total. The molecule has 1 heterocycles. The minimum absolute atomic E-state index is 0.296. The second-order valence-corrected chi connectivity index (χ2v) is 4.19. The summed E-state index contributed by atoms with van der Waals surface area (Å²) in [5.74, 6) is 4.91. The highest BCUT2D eigenvalue weighted by atomic mass is 16.6. The fraction of sp³-hybridized carbons (Fsp3) is 0.750. The third-order valence-corrected chi connectivity index (χ3v) is 1.65. The predicted molar refractivity (Wildman–Crippen MR) is 49.1 cm³/mol. The van der Waals surface area contributed by atoms with E-state index in [1.807, 2.05) is 0 Å². The van der Waals surface area contributed by atoms with Gasteiger partial charge in [-0.05, 0) is 20.8 Å². The Hall–Kier alpha value is -1.30. The zero-order chi connectivity index (χ0) is 10.9. The SMILES string of the molecule is CC(C)(C)OC(=O)N[C@H]1CN(N)C1=O. The van der Waals surface area contributed by atoms with Gasteiger partial charge in [0, 0.05) is 0 Å². The average molecular weight is 201 g/mol. The first-order valence-corrected chi connectivity index (χ1v) is 4.35. The normalized spacial score (nSPS) is 21.6. The zero-order valence-electron chi connectivity index (χ0n) is 8.53. The van der Waals surface area contributed by atoms with Crippen LogP contribution >= 0.6 is 0 Å². The van der Waals surface area contributed by atoms with Crippen molar-refractivity contribution < 1.29 is 14.3 Å². The van der Waals surface area contributed by atoms with Crippen molar-refractivity contribution in [2.45, 2.75) is 32.4 Å². The third-order valence-electron chi connectivity index (χ3n) is 1.65. The van der Waals surface area contributed by atoms with Gasteiger partial charge in [-0.3, -0.25) is 9.80 Å². The molecule has 0 aromatic carbocycles. The van der Waals surface area contributed by atoms with Crippen LogP contribution in [0.25, 0.3) is 0 Å². The van der Waals surface area contributed by atoms with Gasteiger partial charge in [0.15, 0.2) is 0 Å². The van der Waals surface area contributed by atoms with Crippen molar-refractivity contribution in [3.63, 3.8) is 0 Å². The Balaban J connectivity index is 2.32. The number of carbonyl (C=O) groups is 2. The highest BCUT2D eigenvalue weighted by molar-refractivity contribution is 5.90. The summed E-state index contributed by atoms with van der Waals surface area (Å²) in [4.78, 5) is 22.2. The van der Waals surface area contributed by atoms with Crippen LogP contribution in [-0.4, -0.2) is 35.2 Å². The van der Waals surface area contributed by atoms with E-state index < -0.39 is 17.7 Å². The second-order valence-electron chi connectivity index (χ2n) is 4.19. The van der Waals surface area contributed by atoms with Crippen molar-refractivity contribution in [2.24, 2.45) is 5.84 Å². The summed E-state index contributed by atoms with van der Waals surface area (Å²) in [7, 11) is 0. The summed E-state index contributed by atoms with van der Waals surface area (Å²) in [6, 6.07) is -0.533. The van der Waals surface area contributed by atoms with Crippen LogP contribution in [0.2, 0.25) is 0 Å². The minimum Gasteiger partial charge on any atom is -0.444 e. The van der Waals surface area contributed by atoms with E-state index in [4.69, 9.17) is 10.6 Å². The van der Waals surface area contributed by atoms with Gasteiger partial charge in [0.05, 0.1) is 6.54 Å². The number of alkyl carbamates (subject to hydrolysis) is 1. The van der Waals surface area contributed by atoms with Gasteiger partial charge in [-0.1, -0.05) is 0 Å². The molecule has 1 fully saturated rings. The lowest BCUT2D eigenvalue weighted by Gasteiger charge is -2.34. The van der Waals surface area contributed by atoms with Crippen molar-refractivity contribution in [2.75, 3.05) is 6.54 Å². The average Bonchev–Trinajstić information content (AvgIpc) is 2.00. The van der Waals surface area contributed by atoms with E-state index in [2.05, 4.69) is 5.32 Å². The molecular weight excluding hydrogens is 186 g/mol. The highest BCUT2D eigenvalue weighted by Gasteiger charge is 2.36. The monoisotopic (exact) mass is 201 g/mol. The van der Waals surface area contributed by atoms with Crippen LogP contribution in [-0.2, 0) is 9.53 Å². The smallest absolute Gasteiger partial charge is 0.408 e. The molecule has 0 saturated carbocycles. The van der Waals surface area contributed by atoms with E-state index in [1.165, 1.54) is 0 Å². The number of rotatable bonds is 1. The Morgan fingerprint density at radius 2 is 2.21 bits per heavy atom. The second kappa shape index (κ2) is 3.45. The van der Waals surface area contributed by atoms with E-state index in [-0.39, 0.29) is 5.91 Å². The van der Waals surface area contributed by atoms with E-state index in [0.717, 1.165) is 5.01 Å². The van der Waals surface area contributed by atoms with Crippen molar-refractivity contribution in [1.82, 2.24) is 10.3 Å². The summed E-state index contributed by atoms with van der Waals surface area (Å²) in [5, 5.41) is 3.46. The van der Waals surface area contributed by atoms with E-state index >= 15 is 0 Å². The lowest BCUT2D eigenvalue weighted by atomic mass is 10.1. The Kier molecular flexibility index (Phi) is 2.66. The number of hydrogen-bond acceptors (Lipinski definition) is 4. The van der Waals surface area contributed by atoms with Crippen LogP contribution in [0.5, 0.6) is 0 Å². The fourth-order valence-electron chi connectivity index (χ4n) is 1.01. The zero-order valence-corrected chi connectivity index (χ0v) is 8.53. The van der Waals surface area contributed by atoms with Crippen molar-refractivity contribution in [3.8, 4) is 0 Å². The number of nitrogens with one attached hydrogen (secondary N) is 1. The summed E-state index contributed by atoms with van der Waals surface area (Å²) >= 11 is 0. The van der Waals surface area contributed by atoms with Crippen molar-refractivity contribution in [1.29, 1.82) is 0 Å². The van der Waals surface area contributed by atoms with Crippen LogP contribution < -0.4 is 11.2 Å². The quantitative estimate of drug-likeness (QED) is 0.343. The molecule has 0 aromatic rings. The van der Waals surface area contributed by atoms with Gasteiger partial charge in [0.2, 0.25) is 0 Å². The van der Waals surface area contributed by atoms with Gasteiger partial charge in [-0.15, -0.1) is 0 Å². The molecule has 1 rings (SSSR count). The molecule has 14 heavy (non-hydrogen) atoms. The Morgan fingerprint density at radius 3 is 2.57 bits per heavy atom. The minimum atomic E-state index is -0.594. The number of nitrogens with zero attached hydrogens (tertiary/aromatic N) is 1. The van der Waals surface area contributed by atoms with Crippen LogP contribution in [0.15, 0.2) is 0 Å². The van der Waals surface area contributed by atoms with Gasteiger partial charge in [-0.2, -0.15) is 0 Å². The number of carbonyl (C=O) groups excluding carboxylic acids is 2. The number of ether oxygens (including phenoxy) is 1. The first-order valence-electron chi connectivity index (χ1n) is 4.35. The first kappa shape index (κ1) is 10.8. The number of amides is 2. The first-order chi connectivity index (χ1) is 6.29. The van der Waals surface area contributed by atoms with Crippen LogP contribution in [0.3, 0.4) is 0 Å². The molecule has 1 aliphatic rings. The molecule has 6 heteroatoms. The Bertz CT molecular complexity index is 259. The molecule has 0 aromatic heterocycles. The highest BCUT2D eigenvalue weighted by Crippen LogP contribution is 2.09. The number of nitrogens with two attached hydrogens (primary N) is 1. The molecule has 1 saturated heterocycles. The third kappa shape index (κ3) is 2.59. The van der Waals surface area contributed by atoms with Crippen molar-refractivity contribution in [3.05, 3.63) is 0 Å². The molecule has 2 amide bonds. The molecular formula is C8H15N3O3. The van der Waals surface area contributed by atoms with Gasteiger partial charge < -0.3 is 10.1 Å². The van der Waals surface area contributed by atoms with Crippen LogP contribution in [0, 0.1) is 0 Å². The topological polar surface area (TPSA) is 84.7 Å². The van der Waals surface area contributed by atoms with E-state index in [1.54, 1.807) is 20.8 Å². The standard InChI is InChI=1S/C8H15N3O3/c1-8(2,3)14-7(13)10-5-4-11(9)6(5)12/h5H,4,9H2,1-3H3,(H,10,13)/t5-/m0/s1. The predicted octanol–water partition coefficient (Wildman–Crippen LogP) is -0.404. The number of hydrogen-bond donors (Lipinski definition) is 2. The summed E-state index contributed by atoms with van der Waals surface area (Å²) in [6.07, 6.45) is -0.594. The molecule has 1 aliphatic heterocycles. The molecule has 0 bridgehead atoms. The molecule has 1 atom stereocenters. The lowest BCUT2D eigenvalue weighted by Crippen LogP contribution is -2.66. The molecule has 0 unspecified atom stereocenters. The van der Waals surface area contributed by atoms with E-state index in [9.17, 15) is 9.59 Å². The largest absolute Gasteiger partial charge is 0.444 e. The molecule has 0 aliphatic carbocycles. The van der Waals surface area contributed by atoms with E-state index in [0.29, 0.717) is 6.54 Å². The molecule has 3 N–H and O–H groups in total. The lowest BCUT2D eigenvalue weighted by molar-refractivity contribution is -0.144. The maximum absolute atomic E-state index is 11.2. The van der Waals surface area contributed by atoms with Gasteiger partial charge >= 0.3 is 6.09 Å². The maximum atomic E-state index is 11.2. The Morgan fingerprint density at radius 1 is 1.64 bits per heavy atom. The summed E-state index contributed by atoms with van der Waals surface area (Å²) in [5.41, 5.74) is -0.556. The van der Waals surface area contributed by atoms with Crippen molar-refractivity contribution >= 4 is 12.0 Å². The maximum Gasteiger partial charge on any atom is 0.408 e. The Labute approximate surface area is 82.3 Å². The number of β-lactam (4-membered cyclic amide) rings is 1. The molecule has 80 valence electrons. The van der Waals surface area contributed by atoms with Gasteiger partial charge in [-0.25, -0.2) is 10.6 Å². The van der Waals surface area contributed by atoms with Crippen LogP contribution in [0.4, 0.5) is 4.79 Å². The summed E-state index contributed by atoms with van der Waals surface area (Å²) in [6.45, 7) is 5.59. The fourth-order valence-corrected chi connectivity index (χ4v) is 1.01. The summed E-state index contributed by atoms with van der Waals surface area (Å²) < 4.78 is 4.97. The molecule has 0 radical (unpaired) electrons. The number of hydrazine groups is 1. The molecule has 0 spiro atoms.